The van der Waals surface area contributed by atoms with Gasteiger partial charge in [0.2, 0.25) is 0 Å². The summed E-state index contributed by atoms with van der Waals surface area (Å²) in [5.41, 5.74) is 1.07. The van der Waals surface area contributed by atoms with Crippen molar-refractivity contribution in [3.63, 3.8) is 0 Å². The fourth-order valence-electron chi connectivity index (χ4n) is 1.02. The first-order valence-electron chi connectivity index (χ1n) is 4.86. The van der Waals surface area contributed by atoms with Crippen LogP contribution in [0.25, 0.3) is 0 Å². The number of aliphatic imine (C=N–C) groups is 1. The molecular formula is C11H15N2Se. The zero-order chi connectivity index (χ0) is 10.2. The molecule has 0 fully saturated rings. The Morgan fingerprint density at radius 3 is 2.71 bits per heavy atom. The maximum atomic E-state index is 4.36. The average molecular weight is 254 g/mol. The minimum absolute atomic E-state index is 0.865. The molecule has 0 aliphatic heterocycles. The Labute approximate surface area is 93.6 Å². The van der Waals surface area contributed by atoms with Crippen LogP contribution >= 0.6 is 0 Å². The van der Waals surface area contributed by atoms with E-state index in [0.717, 1.165) is 23.4 Å². The number of hydrogen-bond acceptors (Lipinski definition) is 1. The molecule has 14 heavy (non-hydrogen) atoms. The van der Waals surface area contributed by atoms with E-state index < -0.39 is 0 Å². The van der Waals surface area contributed by atoms with Crippen molar-refractivity contribution in [2.24, 2.45) is 4.99 Å². The molecule has 0 aromatic heterocycles. The number of amidine groups is 1. The summed E-state index contributed by atoms with van der Waals surface area (Å²) in [7, 11) is 0. The van der Waals surface area contributed by atoms with Gasteiger partial charge in [0, 0.05) is 0 Å². The summed E-state index contributed by atoms with van der Waals surface area (Å²) in [6, 6.07) is 10.0. The fourth-order valence-corrected chi connectivity index (χ4v) is 1.46. The van der Waals surface area contributed by atoms with E-state index in [0.29, 0.717) is 0 Å². The summed E-state index contributed by atoms with van der Waals surface area (Å²) in [5, 5.41) is 3.20. The molecule has 0 atom stereocenters. The minimum atomic E-state index is 0.865. The monoisotopic (exact) mass is 255 g/mol. The van der Waals surface area contributed by atoms with Gasteiger partial charge in [-0.3, -0.25) is 0 Å². The molecule has 3 heteroatoms. The van der Waals surface area contributed by atoms with Crippen LogP contribution in [0.4, 0.5) is 5.69 Å². The van der Waals surface area contributed by atoms with Crippen LogP contribution in [0.1, 0.15) is 19.8 Å². The number of hydrogen-bond donors (Lipinski definition) is 1. The van der Waals surface area contributed by atoms with Crippen molar-refractivity contribution < 1.29 is 0 Å². The molecule has 0 heterocycles. The molecule has 0 spiro atoms. The molecule has 0 aliphatic carbocycles. The fraction of sp³-hybridized carbons (Fsp3) is 0.364. The summed E-state index contributed by atoms with van der Waals surface area (Å²) in [5.74, 6) is 0. The third kappa shape index (κ3) is 4.45. The third-order valence-electron chi connectivity index (χ3n) is 1.79. The van der Waals surface area contributed by atoms with Gasteiger partial charge in [-0.15, -0.1) is 0 Å². The van der Waals surface area contributed by atoms with E-state index in [9.17, 15) is 0 Å². The molecule has 1 aromatic rings. The first-order valence-corrected chi connectivity index (χ1v) is 5.72. The molecule has 0 amide bonds. The van der Waals surface area contributed by atoms with Gasteiger partial charge in [-0.1, -0.05) is 0 Å². The summed E-state index contributed by atoms with van der Waals surface area (Å²) < 4.78 is 0.865. The van der Waals surface area contributed by atoms with E-state index in [1.54, 1.807) is 0 Å². The molecule has 2 nitrogen and oxygen atoms in total. The van der Waals surface area contributed by atoms with Crippen molar-refractivity contribution in [1.82, 2.24) is 0 Å². The number of nitrogens with one attached hydrogen (secondary N) is 1. The van der Waals surface area contributed by atoms with Crippen LogP contribution in [0.2, 0.25) is 0 Å². The molecule has 1 rings (SSSR count). The molecule has 0 bridgehead atoms. The first kappa shape index (κ1) is 11.3. The van der Waals surface area contributed by atoms with Crippen LogP contribution in [0.3, 0.4) is 0 Å². The summed E-state index contributed by atoms with van der Waals surface area (Å²) in [6.45, 7) is 3.05. The molecule has 0 saturated heterocycles. The molecule has 1 radical (unpaired) electrons. The second-order valence-electron chi connectivity index (χ2n) is 3.03. The van der Waals surface area contributed by atoms with Gasteiger partial charge < -0.3 is 0 Å². The average Bonchev–Trinajstić information content (AvgIpc) is 2.20. The van der Waals surface area contributed by atoms with Crippen LogP contribution in [0, 0.1) is 0 Å². The van der Waals surface area contributed by atoms with Crippen molar-refractivity contribution in [2.45, 2.75) is 19.8 Å². The maximum absolute atomic E-state index is 4.36. The van der Waals surface area contributed by atoms with Gasteiger partial charge in [-0.2, -0.15) is 0 Å². The molecular weight excluding hydrogens is 239 g/mol. The van der Waals surface area contributed by atoms with Gasteiger partial charge >= 0.3 is 93.4 Å². The van der Waals surface area contributed by atoms with Gasteiger partial charge in [0.05, 0.1) is 0 Å². The molecule has 0 saturated carbocycles. The van der Waals surface area contributed by atoms with Crippen molar-refractivity contribution >= 4 is 26.4 Å². The first-order chi connectivity index (χ1) is 6.83. The van der Waals surface area contributed by atoms with E-state index in [4.69, 9.17) is 0 Å². The quantitative estimate of drug-likeness (QED) is 0.379. The molecule has 1 aromatic carbocycles. The number of para-hydroxylation sites is 1. The number of nitrogens with zero attached hydrogens (tertiary/aromatic N) is 1. The zero-order valence-corrected chi connectivity index (χ0v) is 10.1. The van der Waals surface area contributed by atoms with Gasteiger partial charge in [0.15, 0.2) is 0 Å². The summed E-state index contributed by atoms with van der Waals surface area (Å²) >= 11 is 2.92. The van der Waals surface area contributed by atoms with Gasteiger partial charge in [-0.05, 0) is 0 Å². The number of benzene rings is 1. The number of rotatable bonds is 4. The third-order valence-corrected chi connectivity index (χ3v) is 2.28. The Morgan fingerprint density at radius 2 is 2.07 bits per heavy atom. The predicted octanol–water partition coefficient (Wildman–Crippen LogP) is 2.42. The van der Waals surface area contributed by atoms with Crippen LogP contribution in [0.15, 0.2) is 35.3 Å². The van der Waals surface area contributed by atoms with E-state index in [1.165, 1.54) is 6.42 Å². The standard InChI is InChI=1S/C11H15N2Se/c1-2-3-9-12-11(14)13-10-7-5-4-6-8-10/h4-8H,2-3,9H2,1H3,(H,12,13). The molecule has 75 valence electrons. The topological polar surface area (TPSA) is 24.4 Å². The van der Waals surface area contributed by atoms with Gasteiger partial charge in [0.25, 0.3) is 0 Å². The zero-order valence-electron chi connectivity index (χ0n) is 8.36. The Bertz CT molecular complexity index is 283. The summed E-state index contributed by atoms with van der Waals surface area (Å²) in [6.07, 6.45) is 2.32. The van der Waals surface area contributed by atoms with Crippen molar-refractivity contribution in [2.75, 3.05) is 11.9 Å². The van der Waals surface area contributed by atoms with Gasteiger partial charge in [0.1, 0.15) is 0 Å². The molecule has 1 N–H and O–H groups in total. The van der Waals surface area contributed by atoms with Crippen LogP contribution < -0.4 is 5.32 Å². The van der Waals surface area contributed by atoms with Crippen molar-refractivity contribution in [3.8, 4) is 0 Å². The van der Waals surface area contributed by atoms with Crippen molar-refractivity contribution in [3.05, 3.63) is 30.3 Å². The second-order valence-corrected chi connectivity index (χ2v) is 3.84. The van der Waals surface area contributed by atoms with E-state index in [-0.39, 0.29) is 0 Å². The van der Waals surface area contributed by atoms with Gasteiger partial charge in [-0.25, -0.2) is 0 Å². The second kappa shape index (κ2) is 6.63. The Hall–Kier alpha value is -0.791. The molecule has 0 unspecified atom stereocenters. The molecule has 0 aliphatic rings. The number of unbranched alkanes of at least 4 members (excludes halogenated alkanes) is 1. The Kier molecular flexibility index (Phi) is 5.35. The van der Waals surface area contributed by atoms with E-state index >= 15 is 0 Å². The SMILES string of the molecule is CCCCN=C([Se])Nc1ccccc1. The van der Waals surface area contributed by atoms with Crippen LogP contribution in [-0.2, 0) is 0 Å². The van der Waals surface area contributed by atoms with Crippen LogP contribution in [0.5, 0.6) is 0 Å². The van der Waals surface area contributed by atoms with Crippen LogP contribution in [-0.4, -0.2) is 27.3 Å². The Balaban J connectivity index is 2.40. The Morgan fingerprint density at radius 1 is 1.36 bits per heavy atom. The predicted molar refractivity (Wildman–Crippen MR) is 63.0 cm³/mol. The normalized spacial score (nSPS) is 11.4. The van der Waals surface area contributed by atoms with E-state index in [1.807, 2.05) is 30.3 Å². The van der Waals surface area contributed by atoms with E-state index in [2.05, 4.69) is 33.2 Å². The summed E-state index contributed by atoms with van der Waals surface area (Å²) in [4.78, 5) is 4.36. The number of anilines is 1. The van der Waals surface area contributed by atoms with Crippen molar-refractivity contribution in [1.29, 1.82) is 0 Å².